The molecule has 0 radical (unpaired) electrons. The molecule has 2 aromatic rings. The number of aliphatic hydroxyl groups excluding tert-OH is 2. The van der Waals surface area contributed by atoms with Crippen LogP contribution in [0.25, 0.3) is 11.5 Å². The third-order valence-corrected chi connectivity index (χ3v) is 2.75. The van der Waals surface area contributed by atoms with E-state index in [0.29, 0.717) is 11.8 Å². The fourth-order valence-electron chi connectivity index (χ4n) is 1.65. The van der Waals surface area contributed by atoms with E-state index in [1.54, 1.807) is 6.92 Å². The van der Waals surface area contributed by atoms with Gasteiger partial charge in [-0.25, -0.2) is 0 Å². The van der Waals surface area contributed by atoms with Gasteiger partial charge in [0.2, 0.25) is 11.8 Å². The zero-order valence-electron chi connectivity index (χ0n) is 10.9. The van der Waals surface area contributed by atoms with Crippen LogP contribution in [0.4, 0.5) is 5.69 Å². The van der Waals surface area contributed by atoms with Crippen LogP contribution in [-0.4, -0.2) is 39.7 Å². The van der Waals surface area contributed by atoms with E-state index < -0.39 is 6.10 Å². The summed E-state index contributed by atoms with van der Waals surface area (Å²) >= 11 is 0. The van der Waals surface area contributed by atoms with Gasteiger partial charge in [0.1, 0.15) is 0 Å². The lowest BCUT2D eigenvalue weighted by Gasteiger charge is -2.13. The first-order valence-corrected chi connectivity index (χ1v) is 6.04. The molecule has 0 aliphatic rings. The average Bonchev–Trinajstić information content (AvgIpc) is 2.84. The summed E-state index contributed by atoms with van der Waals surface area (Å²) in [6, 6.07) is 5.71. The van der Waals surface area contributed by atoms with E-state index in [1.165, 1.54) is 0 Å². The molecule has 0 spiro atoms. The largest absolute Gasteiger partial charge is 0.421 e. The Morgan fingerprint density at radius 1 is 1.32 bits per heavy atom. The van der Waals surface area contributed by atoms with Crippen molar-refractivity contribution in [2.75, 3.05) is 18.5 Å². The van der Waals surface area contributed by atoms with Crippen molar-refractivity contribution in [2.24, 2.45) is 0 Å². The van der Waals surface area contributed by atoms with E-state index in [4.69, 9.17) is 9.52 Å². The molecule has 1 aromatic heterocycles. The van der Waals surface area contributed by atoms with E-state index in [9.17, 15) is 5.11 Å². The van der Waals surface area contributed by atoms with Gasteiger partial charge in [0.25, 0.3) is 0 Å². The summed E-state index contributed by atoms with van der Waals surface area (Å²) in [6.07, 6.45) is -0.784. The molecule has 0 aliphatic heterocycles. The zero-order chi connectivity index (χ0) is 13.8. The van der Waals surface area contributed by atoms with Crippen LogP contribution in [0.3, 0.4) is 0 Å². The SMILES string of the molecule is Cc1nnc(-c2ccc(C)c(NCC(O)CO)c2)o1. The number of aromatic nitrogens is 2. The molecule has 2 rings (SSSR count). The van der Waals surface area contributed by atoms with E-state index in [-0.39, 0.29) is 13.2 Å². The summed E-state index contributed by atoms with van der Waals surface area (Å²) in [6.45, 7) is 3.70. The Balaban J connectivity index is 2.19. The molecule has 6 heteroatoms. The molecule has 1 unspecified atom stereocenters. The molecular weight excluding hydrogens is 246 g/mol. The Bertz CT molecular complexity index is 554. The highest BCUT2D eigenvalue weighted by Gasteiger charge is 2.09. The van der Waals surface area contributed by atoms with Gasteiger partial charge in [-0.3, -0.25) is 0 Å². The van der Waals surface area contributed by atoms with E-state index in [0.717, 1.165) is 16.8 Å². The van der Waals surface area contributed by atoms with Crippen molar-refractivity contribution >= 4 is 5.69 Å². The number of aryl methyl sites for hydroxylation is 2. The summed E-state index contributed by atoms with van der Waals surface area (Å²) in [7, 11) is 0. The van der Waals surface area contributed by atoms with Crippen LogP contribution in [-0.2, 0) is 0 Å². The molecule has 0 saturated carbocycles. The normalized spacial score (nSPS) is 12.4. The summed E-state index contributed by atoms with van der Waals surface area (Å²) in [5.74, 6) is 0.976. The number of hydrogen-bond donors (Lipinski definition) is 3. The van der Waals surface area contributed by atoms with E-state index in [2.05, 4.69) is 15.5 Å². The number of rotatable bonds is 5. The van der Waals surface area contributed by atoms with E-state index in [1.807, 2.05) is 25.1 Å². The smallest absolute Gasteiger partial charge is 0.247 e. The molecule has 0 saturated heterocycles. The standard InChI is InChI=1S/C13H17N3O3/c1-8-3-4-10(13-16-15-9(2)19-13)5-12(8)14-6-11(18)7-17/h3-5,11,14,17-18H,6-7H2,1-2H3. The van der Waals surface area contributed by atoms with Crippen molar-refractivity contribution in [3.8, 4) is 11.5 Å². The molecule has 0 amide bonds. The fraction of sp³-hybridized carbons (Fsp3) is 0.385. The molecule has 1 heterocycles. The molecule has 6 nitrogen and oxygen atoms in total. The van der Waals surface area contributed by atoms with Crippen molar-refractivity contribution in [1.82, 2.24) is 10.2 Å². The van der Waals surface area contributed by atoms with Crippen LogP contribution in [0.15, 0.2) is 22.6 Å². The Kier molecular flexibility index (Phi) is 4.13. The zero-order valence-corrected chi connectivity index (χ0v) is 10.9. The fourth-order valence-corrected chi connectivity index (χ4v) is 1.65. The summed E-state index contributed by atoms with van der Waals surface area (Å²) in [4.78, 5) is 0. The highest BCUT2D eigenvalue weighted by atomic mass is 16.4. The first-order valence-electron chi connectivity index (χ1n) is 6.04. The van der Waals surface area contributed by atoms with Crippen molar-refractivity contribution < 1.29 is 14.6 Å². The van der Waals surface area contributed by atoms with Crippen molar-refractivity contribution in [1.29, 1.82) is 0 Å². The highest BCUT2D eigenvalue weighted by molar-refractivity contribution is 5.64. The molecule has 3 N–H and O–H groups in total. The predicted octanol–water partition coefficient (Wildman–Crippen LogP) is 1.12. The Labute approximate surface area is 111 Å². The van der Waals surface area contributed by atoms with Gasteiger partial charge in [0, 0.05) is 24.7 Å². The molecule has 0 fully saturated rings. The number of nitrogens with zero attached hydrogens (tertiary/aromatic N) is 2. The predicted molar refractivity (Wildman–Crippen MR) is 70.8 cm³/mol. The average molecular weight is 263 g/mol. The number of benzene rings is 1. The van der Waals surface area contributed by atoms with Crippen molar-refractivity contribution in [2.45, 2.75) is 20.0 Å². The summed E-state index contributed by atoms with van der Waals surface area (Å²) in [5, 5.41) is 29.0. The van der Waals surface area contributed by atoms with Crippen LogP contribution in [0.5, 0.6) is 0 Å². The van der Waals surface area contributed by atoms with Crippen molar-refractivity contribution in [3.63, 3.8) is 0 Å². The number of anilines is 1. The minimum Gasteiger partial charge on any atom is -0.421 e. The number of nitrogens with one attached hydrogen (secondary N) is 1. The highest BCUT2D eigenvalue weighted by Crippen LogP contribution is 2.24. The minimum absolute atomic E-state index is 0.269. The second-order valence-electron chi connectivity index (χ2n) is 4.37. The topological polar surface area (TPSA) is 91.4 Å². The van der Waals surface area contributed by atoms with Gasteiger partial charge < -0.3 is 19.9 Å². The Hall–Kier alpha value is -1.92. The monoisotopic (exact) mass is 263 g/mol. The third-order valence-electron chi connectivity index (χ3n) is 2.75. The first kappa shape index (κ1) is 13.5. The van der Waals surface area contributed by atoms with E-state index >= 15 is 0 Å². The van der Waals surface area contributed by atoms with Crippen LogP contribution in [0.2, 0.25) is 0 Å². The Morgan fingerprint density at radius 2 is 2.11 bits per heavy atom. The lowest BCUT2D eigenvalue weighted by atomic mass is 10.1. The maximum Gasteiger partial charge on any atom is 0.247 e. The van der Waals surface area contributed by atoms with Crippen LogP contribution < -0.4 is 5.32 Å². The van der Waals surface area contributed by atoms with Crippen LogP contribution in [0, 0.1) is 13.8 Å². The summed E-state index contributed by atoms with van der Waals surface area (Å²) < 4.78 is 5.37. The second kappa shape index (κ2) is 5.81. The summed E-state index contributed by atoms with van der Waals surface area (Å²) in [5.41, 5.74) is 2.71. The van der Waals surface area contributed by atoms with Gasteiger partial charge in [0.05, 0.1) is 12.7 Å². The molecular formula is C13H17N3O3. The maximum atomic E-state index is 9.35. The third kappa shape index (κ3) is 3.30. The van der Waals surface area contributed by atoms with Crippen LogP contribution in [0.1, 0.15) is 11.5 Å². The maximum absolute atomic E-state index is 9.35. The molecule has 0 aliphatic carbocycles. The molecule has 19 heavy (non-hydrogen) atoms. The molecule has 1 atom stereocenters. The van der Waals surface area contributed by atoms with Crippen LogP contribution >= 0.6 is 0 Å². The lowest BCUT2D eigenvalue weighted by molar-refractivity contribution is 0.105. The second-order valence-corrected chi connectivity index (χ2v) is 4.37. The van der Waals surface area contributed by atoms with Gasteiger partial charge in [0.15, 0.2) is 0 Å². The number of aliphatic hydroxyl groups is 2. The van der Waals surface area contributed by atoms with Crippen molar-refractivity contribution in [3.05, 3.63) is 29.7 Å². The van der Waals surface area contributed by atoms with Gasteiger partial charge in [-0.2, -0.15) is 0 Å². The van der Waals surface area contributed by atoms with Gasteiger partial charge in [-0.05, 0) is 24.6 Å². The molecule has 0 bridgehead atoms. The van der Waals surface area contributed by atoms with Gasteiger partial charge in [-0.15, -0.1) is 10.2 Å². The molecule has 1 aromatic carbocycles. The lowest BCUT2D eigenvalue weighted by Crippen LogP contribution is -2.23. The number of hydrogen-bond acceptors (Lipinski definition) is 6. The van der Waals surface area contributed by atoms with Gasteiger partial charge in [-0.1, -0.05) is 6.07 Å². The minimum atomic E-state index is -0.784. The first-order chi connectivity index (χ1) is 9.10. The Morgan fingerprint density at radius 3 is 2.74 bits per heavy atom. The van der Waals surface area contributed by atoms with Gasteiger partial charge >= 0.3 is 0 Å². The quantitative estimate of drug-likeness (QED) is 0.748. The molecule has 102 valence electrons.